The lowest BCUT2D eigenvalue weighted by Crippen LogP contribution is -2.55. The summed E-state index contributed by atoms with van der Waals surface area (Å²) in [5.74, 6) is 1.04. The van der Waals surface area contributed by atoms with Gasteiger partial charge >= 0.3 is 0 Å². The normalized spacial score (nSPS) is 20.6. The van der Waals surface area contributed by atoms with Crippen LogP contribution in [0.5, 0.6) is 5.75 Å². The van der Waals surface area contributed by atoms with Crippen LogP contribution in [0.1, 0.15) is 23.2 Å². The molecule has 0 aliphatic carbocycles. The number of anilines is 1. The Hall–Kier alpha value is -2.24. The van der Waals surface area contributed by atoms with Crippen LogP contribution in [-0.4, -0.2) is 68.1 Å². The number of ether oxygens (including phenoxy) is 1. The quantitative estimate of drug-likeness (QED) is 0.764. The Labute approximate surface area is 177 Å². The van der Waals surface area contributed by atoms with Crippen molar-refractivity contribution < 1.29 is 9.53 Å². The number of hydrogen-bond donors (Lipinski definition) is 0. The smallest absolute Gasteiger partial charge is 0.253 e. The summed E-state index contributed by atoms with van der Waals surface area (Å²) in [7, 11) is 1.73. The second-order valence-electron chi connectivity index (χ2n) is 7.75. The highest BCUT2D eigenvalue weighted by Gasteiger charge is 2.30. The number of nitrogens with zero attached hydrogens (tertiary/aromatic N) is 3. The summed E-state index contributed by atoms with van der Waals surface area (Å²) >= 11 is 5.96. The molecule has 29 heavy (non-hydrogen) atoms. The van der Waals surface area contributed by atoms with Gasteiger partial charge in [-0.3, -0.25) is 9.69 Å². The highest BCUT2D eigenvalue weighted by molar-refractivity contribution is 6.30. The summed E-state index contributed by atoms with van der Waals surface area (Å²) in [6.07, 6.45) is 2.20. The Morgan fingerprint density at radius 2 is 1.72 bits per heavy atom. The summed E-state index contributed by atoms with van der Waals surface area (Å²) in [4.78, 5) is 19.8. The van der Waals surface area contributed by atoms with E-state index in [4.69, 9.17) is 16.3 Å². The van der Waals surface area contributed by atoms with Crippen LogP contribution in [0.4, 0.5) is 5.69 Å². The Kier molecular flexibility index (Phi) is 6.26. The van der Waals surface area contributed by atoms with Gasteiger partial charge in [0.2, 0.25) is 0 Å². The van der Waals surface area contributed by atoms with Crippen LogP contribution in [0.3, 0.4) is 0 Å². The summed E-state index contributed by atoms with van der Waals surface area (Å²) in [5.41, 5.74) is 1.88. The average Bonchev–Trinajstić information content (AvgIpc) is 2.79. The monoisotopic (exact) mass is 413 g/mol. The van der Waals surface area contributed by atoms with Gasteiger partial charge in [0.25, 0.3) is 5.91 Å². The van der Waals surface area contributed by atoms with Crippen molar-refractivity contribution in [3.8, 4) is 5.75 Å². The predicted molar refractivity (Wildman–Crippen MR) is 117 cm³/mol. The first-order valence-corrected chi connectivity index (χ1v) is 10.7. The lowest BCUT2D eigenvalue weighted by Gasteiger charge is -2.44. The highest BCUT2D eigenvalue weighted by Crippen LogP contribution is 2.29. The minimum Gasteiger partial charge on any atom is -0.495 e. The van der Waals surface area contributed by atoms with Gasteiger partial charge in [-0.1, -0.05) is 23.7 Å². The van der Waals surface area contributed by atoms with Gasteiger partial charge in [-0.2, -0.15) is 0 Å². The number of halogens is 1. The first-order chi connectivity index (χ1) is 14.2. The van der Waals surface area contributed by atoms with Crippen molar-refractivity contribution in [2.75, 3.05) is 51.3 Å². The van der Waals surface area contributed by atoms with Crippen molar-refractivity contribution >= 4 is 23.2 Å². The summed E-state index contributed by atoms with van der Waals surface area (Å²) < 4.78 is 5.52. The Balaban J connectivity index is 1.36. The van der Waals surface area contributed by atoms with Gasteiger partial charge in [0, 0.05) is 55.9 Å². The van der Waals surface area contributed by atoms with Crippen LogP contribution in [0.2, 0.25) is 5.02 Å². The number of methoxy groups -OCH3 is 1. The fourth-order valence-corrected chi connectivity index (χ4v) is 4.56. The van der Waals surface area contributed by atoms with Gasteiger partial charge in [0.1, 0.15) is 5.75 Å². The van der Waals surface area contributed by atoms with Crippen molar-refractivity contribution in [3.63, 3.8) is 0 Å². The van der Waals surface area contributed by atoms with Gasteiger partial charge in [0.15, 0.2) is 0 Å². The summed E-state index contributed by atoms with van der Waals surface area (Å²) in [5, 5.41) is 0.658. The molecule has 2 aromatic carbocycles. The lowest BCUT2D eigenvalue weighted by atomic mass is 10.0. The molecule has 2 fully saturated rings. The molecule has 0 radical (unpaired) electrons. The second kappa shape index (κ2) is 9.06. The molecule has 0 saturated carbocycles. The Bertz CT molecular complexity index is 834. The van der Waals surface area contributed by atoms with Crippen molar-refractivity contribution in [2.45, 2.75) is 18.9 Å². The molecule has 0 bridgehead atoms. The molecule has 2 aliphatic heterocycles. The molecule has 0 N–H and O–H groups in total. The minimum atomic E-state index is 0.110. The number of likely N-dealkylation sites (tertiary alicyclic amines) is 1. The number of carbonyl (C=O) groups excluding carboxylic acids is 1. The Morgan fingerprint density at radius 3 is 2.45 bits per heavy atom. The molecule has 2 aromatic rings. The largest absolute Gasteiger partial charge is 0.495 e. The maximum atomic E-state index is 12.9. The van der Waals surface area contributed by atoms with Gasteiger partial charge in [-0.05, 0) is 49.2 Å². The fraction of sp³-hybridized carbons (Fsp3) is 0.435. The van der Waals surface area contributed by atoms with Gasteiger partial charge in [0.05, 0.1) is 12.8 Å². The third-order valence-corrected chi connectivity index (χ3v) is 6.28. The third-order valence-electron chi connectivity index (χ3n) is 6.03. The minimum absolute atomic E-state index is 0.110. The van der Waals surface area contributed by atoms with Gasteiger partial charge in [-0.15, -0.1) is 0 Å². The maximum absolute atomic E-state index is 12.9. The maximum Gasteiger partial charge on any atom is 0.253 e. The molecule has 1 amide bonds. The molecule has 0 spiro atoms. The molecular formula is C23H28ClN3O2. The number of piperazine rings is 1. The zero-order valence-corrected chi connectivity index (χ0v) is 17.6. The van der Waals surface area contributed by atoms with Crippen LogP contribution in [0, 0.1) is 0 Å². The van der Waals surface area contributed by atoms with Gasteiger partial charge < -0.3 is 14.5 Å². The predicted octanol–water partition coefficient (Wildman–Crippen LogP) is 3.78. The van der Waals surface area contributed by atoms with Crippen LogP contribution in [-0.2, 0) is 0 Å². The van der Waals surface area contributed by atoms with Crippen molar-refractivity contribution in [3.05, 3.63) is 59.1 Å². The number of amides is 1. The van der Waals surface area contributed by atoms with Crippen molar-refractivity contribution in [1.82, 2.24) is 9.80 Å². The van der Waals surface area contributed by atoms with Crippen molar-refractivity contribution in [1.29, 1.82) is 0 Å². The number of benzene rings is 2. The first-order valence-electron chi connectivity index (χ1n) is 10.3. The van der Waals surface area contributed by atoms with E-state index in [1.54, 1.807) is 19.2 Å². The molecule has 4 rings (SSSR count). The number of rotatable bonds is 4. The van der Waals surface area contributed by atoms with E-state index < -0.39 is 0 Å². The first kappa shape index (κ1) is 20.0. The van der Waals surface area contributed by atoms with E-state index in [-0.39, 0.29) is 5.91 Å². The topological polar surface area (TPSA) is 36.0 Å². The third kappa shape index (κ3) is 4.51. The van der Waals surface area contributed by atoms with Crippen LogP contribution in [0.15, 0.2) is 48.5 Å². The molecule has 1 unspecified atom stereocenters. The van der Waals surface area contributed by atoms with Gasteiger partial charge in [-0.25, -0.2) is 0 Å². The molecule has 0 aromatic heterocycles. The van der Waals surface area contributed by atoms with Crippen LogP contribution >= 0.6 is 11.6 Å². The summed E-state index contributed by atoms with van der Waals surface area (Å²) in [6, 6.07) is 15.9. The molecule has 2 aliphatic rings. The van der Waals surface area contributed by atoms with E-state index in [0.29, 0.717) is 11.1 Å². The van der Waals surface area contributed by atoms with E-state index in [9.17, 15) is 4.79 Å². The zero-order chi connectivity index (χ0) is 20.2. The lowest BCUT2D eigenvalue weighted by molar-refractivity contribution is 0.0563. The molecule has 5 nitrogen and oxygen atoms in total. The Morgan fingerprint density at radius 1 is 1.00 bits per heavy atom. The number of piperidine rings is 1. The van der Waals surface area contributed by atoms with E-state index in [0.717, 1.165) is 69.1 Å². The standard InChI is InChI=1S/C23H28ClN3O2/c1-29-22-7-3-2-6-21(22)26-15-13-25(14-16-26)20-5-4-12-27(17-20)23(28)18-8-10-19(24)11-9-18/h2-3,6-11,20H,4-5,12-17H2,1H3. The molecule has 154 valence electrons. The molecular weight excluding hydrogens is 386 g/mol. The molecule has 2 saturated heterocycles. The fourth-order valence-electron chi connectivity index (χ4n) is 4.43. The zero-order valence-electron chi connectivity index (χ0n) is 16.9. The number of para-hydroxylation sites is 2. The number of hydrogen-bond acceptors (Lipinski definition) is 4. The molecule has 6 heteroatoms. The van der Waals surface area contributed by atoms with E-state index in [2.05, 4.69) is 21.9 Å². The number of carbonyl (C=O) groups is 1. The molecule has 2 heterocycles. The summed E-state index contributed by atoms with van der Waals surface area (Å²) in [6.45, 7) is 5.59. The SMILES string of the molecule is COc1ccccc1N1CCN(C2CCCN(C(=O)c3ccc(Cl)cc3)C2)CC1. The van der Waals surface area contributed by atoms with Crippen LogP contribution in [0.25, 0.3) is 0 Å². The second-order valence-corrected chi connectivity index (χ2v) is 8.19. The average molecular weight is 414 g/mol. The van der Waals surface area contributed by atoms with E-state index in [1.165, 1.54) is 0 Å². The van der Waals surface area contributed by atoms with E-state index in [1.807, 2.05) is 29.2 Å². The highest BCUT2D eigenvalue weighted by atomic mass is 35.5. The molecule has 1 atom stereocenters. The van der Waals surface area contributed by atoms with Crippen LogP contribution < -0.4 is 9.64 Å². The van der Waals surface area contributed by atoms with Crippen molar-refractivity contribution in [2.24, 2.45) is 0 Å². The van der Waals surface area contributed by atoms with E-state index >= 15 is 0 Å².